The third-order valence-corrected chi connectivity index (χ3v) is 17.5. The highest BCUT2D eigenvalue weighted by molar-refractivity contribution is 6.00. The van der Waals surface area contributed by atoms with Gasteiger partial charge in [-0.3, -0.25) is 92.3 Å². The van der Waals surface area contributed by atoms with E-state index in [9.17, 15) is 85.4 Å². The number of rotatable bonds is 60. The van der Waals surface area contributed by atoms with Crippen molar-refractivity contribution in [3.8, 4) is 0 Å². The van der Waals surface area contributed by atoms with Gasteiger partial charge in [-0.15, -0.1) is 0 Å². The number of carbonyl (C=O) groups excluding carboxylic acids is 13. The van der Waals surface area contributed by atoms with E-state index in [2.05, 4.69) is 83.1 Å². The predicted molar refractivity (Wildman–Crippen MR) is 437 cm³/mol. The number of aliphatic carboxylic acids is 2. The van der Waals surface area contributed by atoms with Crippen LogP contribution in [0.25, 0.3) is 0 Å². The summed E-state index contributed by atoms with van der Waals surface area (Å²) in [5.41, 5.74) is 94.9. The molecule has 1 aliphatic rings. The molecule has 686 valence electrons. The monoisotopic (exact) mass is 1730 g/mol. The number of aliphatic imine (C=N–C) groups is 6. The Hall–Kier alpha value is -12.7. The highest BCUT2D eigenvalue weighted by Gasteiger charge is 2.42. The highest BCUT2D eigenvalue weighted by atomic mass is 19.4. The average Bonchev–Trinajstić information content (AvgIpc) is 1.72. The summed E-state index contributed by atoms with van der Waals surface area (Å²) in [5, 5.41) is 42.8. The summed E-state index contributed by atoms with van der Waals surface area (Å²) >= 11 is 0. The zero-order chi connectivity index (χ0) is 91.9. The molecule has 11 atom stereocenters. The second kappa shape index (κ2) is 59.9. The maximum Gasteiger partial charge on any atom is 0.490 e. The number of hydrogen-bond donors (Lipinski definition) is 29. The minimum atomic E-state index is -5.08. The van der Waals surface area contributed by atoms with E-state index >= 15 is 0 Å². The summed E-state index contributed by atoms with van der Waals surface area (Å²) in [6.45, 7) is -0.513. The first-order valence-electron chi connectivity index (χ1n) is 38.7. The Balaban J connectivity index is 0.0000196. The molecule has 1 heterocycles. The minimum absolute atomic E-state index is 0.00339. The van der Waals surface area contributed by atoms with Gasteiger partial charge in [0.2, 0.25) is 76.8 Å². The molecule has 0 aromatic carbocycles. The number of likely N-dealkylation sites (tertiary alicyclic amines) is 1. The summed E-state index contributed by atoms with van der Waals surface area (Å²) in [6.07, 6.45) is -6.41. The van der Waals surface area contributed by atoms with Gasteiger partial charge >= 0.3 is 18.1 Å². The molecule has 54 heteroatoms. The fraction of sp³-hybridized carbons (Fsp3) is 0.687. The van der Waals surface area contributed by atoms with Crippen molar-refractivity contribution in [2.45, 2.75) is 227 Å². The number of alkyl halides is 3. The van der Waals surface area contributed by atoms with Crippen molar-refractivity contribution >= 4 is 124 Å². The van der Waals surface area contributed by atoms with Crippen LogP contribution < -0.4 is 151 Å². The van der Waals surface area contributed by atoms with Crippen LogP contribution in [0.15, 0.2) is 30.0 Å². The molecule has 1 aliphatic heterocycles. The Morgan fingerprint density at radius 2 is 0.579 bits per heavy atom. The number of amides is 13. The molecule has 51 nitrogen and oxygen atoms in total. The second-order valence-electron chi connectivity index (χ2n) is 27.5. The number of halogens is 3. The molecule has 1 rings (SSSR count). The molecule has 0 unspecified atom stereocenters. The largest absolute Gasteiger partial charge is 0.490 e. The van der Waals surface area contributed by atoms with Crippen LogP contribution in [-0.2, 0) is 71.9 Å². The first-order chi connectivity index (χ1) is 56.9. The number of nitrogens with zero attached hydrogens (tertiary/aromatic N) is 7. The van der Waals surface area contributed by atoms with Gasteiger partial charge in [0.05, 0.1) is 6.54 Å². The summed E-state index contributed by atoms with van der Waals surface area (Å²) in [5.74, 6) is -18.0. The number of primary amides is 2. The topological polar surface area (TPSA) is 937 Å². The lowest BCUT2D eigenvalue weighted by Crippen LogP contribution is -2.60. The Kier molecular flexibility index (Phi) is 53.6. The van der Waals surface area contributed by atoms with Crippen molar-refractivity contribution in [2.75, 3.05) is 65.4 Å². The van der Waals surface area contributed by atoms with Crippen LogP contribution in [0.1, 0.15) is 154 Å². The average molecular weight is 1740 g/mol. The number of nitrogens with one attached hydrogen (secondary N) is 10. The molecule has 0 aromatic rings. The predicted octanol–water partition coefficient (Wildman–Crippen LogP) is -12.4. The molecule has 0 saturated carbocycles. The van der Waals surface area contributed by atoms with Gasteiger partial charge < -0.3 is 166 Å². The standard InChI is InChI=1S/C65H124N34O15.C2HF3O2/c66-25-3-1-12-36(90-49(103)35(89-48(102)34-68)14-5-27-83-60(71)72)50(104)91-37(13-2-4-26-67)51(105)92-38(15-6-28-84-61(73)74)52(106)93-40(17-8-30-86-63(77)78)54(108)96-42(21-23-46(69)100)56(110)95-39(16-7-29-85-62(75)76)53(107)94-41(18-9-31-87-64(79)80)55(109)97-43(19-10-32-88-65(81)82)58(112)99-33-11-20-45(99)57(111)98-44(59(113)114)22-24-47(70)101;3-2(4,5)1(6)7/h35-45H,1-34,66-68H2,(H2,69,100)(H2,70,101)(H,89,102)(H,90,103)(H,91,104)(H,92,105)(H,93,106)(H,94,107)(H,95,110)(H,96,108)(H,97,109)(H,98,111)(H,113,114)(H4,71,72,83)(H4,73,74,84)(H4,75,76,85)(H4,77,78,86)(H4,79,80,87)(H4,81,82,88);(H,6,7)/t35-,36-,37-,38-,39-,40-,41-,42-,43-,44-,45-;/m0./s1. The summed E-state index contributed by atoms with van der Waals surface area (Å²) in [6, 6.07) is -16.5. The number of carboxylic acids is 2. The molecule has 0 aliphatic carbocycles. The van der Waals surface area contributed by atoms with Crippen LogP contribution in [0.3, 0.4) is 0 Å². The summed E-state index contributed by atoms with van der Waals surface area (Å²) < 4.78 is 31.7. The lowest BCUT2D eigenvalue weighted by molar-refractivity contribution is -0.192. The van der Waals surface area contributed by atoms with Crippen LogP contribution in [0.5, 0.6) is 0 Å². The number of carbonyl (C=O) groups is 15. The third-order valence-electron chi connectivity index (χ3n) is 17.5. The maximum atomic E-state index is 14.9. The van der Waals surface area contributed by atoms with Crippen molar-refractivity contribution in [1.29, 1.82) is 0 Å². The quantitative estimate of drug-likeness (QED) is 0.0153. The third kappa shape index (κ3) is 49.4. The SMILES string of the molecule is NCCCC[C@H](NC(=O)[C@H](CCCN=C(N)N)NC(=O)CN)C(=O)N[C@@H](CCCCN)C(=O)N[C@@H](CCCN=C(N)N)C(=O)N[C@@H](CCCN=C(N)N)C(=O)N[C@@H](CCC(N)=O)C(=O)N[C@@H](CCCN=C(N)N)C(=O)N[C@@H](CCCN=C(N)N)C(=O)N[C@@H](CCCN=C(N)N)C(=O)N1CCC[C@H]1C(=O)N[C@@H](CCC(N)=O)C(=O)O.O=C(O)C(F)(F)F. The van der Waals surface area contributed by atoms with Gasteiger partial charge in [0, 0.05) is 58.7 Å². The van der Waals surface area contributed by atoms with Gasteiger partial charge in [0.25, 0.3) is 0 Å². The van der Waals surface area contributed by atoms with Crippen LogP contribution in [0.2, 0.25) is 0 Å². The molecule has 0 spiro atoms. The van der Waals surface area contributed by atoms with E-state index in [4.69, 9.17) is 107 Å². The molecule has 0 bridgehead atoms. The van der Waals surface area contributed by atoms with E-state index in [1.807, 2.05) is 0 Å². The number of guanidine groups is 6. The van der Waals surface area contributed by atoms with Crippen LogP contribution in [0, 0.1) is 0 Å². The smallest absolute Gasteiger partial charge is 0.480 e. The van der Waals surface area contributed by atoms with Gasteiger partial charge in [-0.1, -0.05) is 0 Å². The van der Waals surface area contributed by atoms with E-state index in [-0.39, 0.29) is 217 Å². The van der Waals surface area contributed by atoms with Crippen LogP contribution >= 0.6 is 0 Å². The van der Waals surface area contributed by atoms with Crippen LogP contribution in [0.4, 0.5) is 13.2 Å². The van der Waals surface area contributed by atoms with Crippen LogP contribution in [-0.4, -0.2) is 278 Å². The molecule has 1 fully saturated rings. The van der Waals surface area contributed by atoms with Gasteiger partial charge in [-0.05, 0) is 154 Å². The number of carboxylic acid groups (broad SMARTS) is 2. The normalized spacial score (nSPS) is 14.6. The summed E-state index contributed by atoms with van der Waals surface area (Å²) in [7, 11) is 0. The Morgan fingerprint density at radius 1 is 0.339 bits per heavy atom. The molecule has 1 saturated heterocycles. The van der Waals surface area contributed by atoms with Crippen molar-refractivity contribution in [2.24, 2.45) is 127 Å². The van der Waals surface area contributed by atoms with Gasteiger partial charge in [0.1, 0.15) is 66.5 Å². The zero-order valence-corrected chi connectivity index (χ0v) is 67.5. The van der Waals surface area contributed by atoms with E-state index < -0.39 is 181 Å². The molecular formula is C67H125F3N34O17. The lowest BCUT2D eigenvalue weighted by Gasteiger charge is -2.31. The molecule has 13 amide bonds. The lowest BCUT2D eigenvalue weighted by atomic mass is 10.0. The van der Waals surface area contributed by atoms with Crippen molar-refractivity contribution in [3.05, 3.63) is 0 Å². The van der Waals surface area contributed by atoms with E-state index in [0.717, 1.165) is 4.90 Å². The van der Waals surface area contributed by atoms with Gasteiger partial charge in [0.15, 0.2) is 35.8 Å². The van der Waals surface area contributed by atoms with Gasteiger partial charge in [-0.2, -0.15) is 13.2 Å². The summed E-state index contributed by atoms with van der Waals surface area (Å²) in [4.78, 5) is 228. The van der Waals surface area contributed by atoms with Gasteiger partial charge in [-0.25, -0.2) is 9.59 Å². The molecule has 46 N–H and O–H groups in total. The Morgan fingerprint density at radius 3 is 0.818 bits per heavy atom. The highest BCUT2D eigenvalue weighted by Crippen LogP contribution is 2.22. The number of nitrogens with two attached hydrogens (primary N) is 17. The Bertz CT molecular complexity index is 3550. The first kappa shape index (κ1) is 108. The second-order valence-corrected chi connectivity index (χ2v) is 27.5. The number of unbranched alkanes of at least 4 members (excludes halogenated alkanes) is 2. The minimum Gasteiger partial charge on any atom is -0.480 e. The van der Waals surface area contributed by atoms with E-state index in [1.165, 1.54) is 0 Å². The van der Waals surface area contributed by atoms with E-state index in [0.29, 0.717) is 19.3 Å². The fourth-order valence-corrected chi connectivity index (χ4v) is 11.4. The van der Waals surface area contributed by atoms with Crippen molar-refractivity contribution in [1.82, 2.24) is 58.1 Å². The molecule has 0 radical (unpaired) electrons. The molecule has 121 heavy (non-hydrogen) atoms. The van der Waals surface area contributed by atoms with E-state index in [1.54, 1.807) is 0 Å². The van der Waals surface area contributed by atoms with Crippen molar-refractivity contribution < 1.29 is 95.3 Å². The fourth-order valence-electron chi connectivity index (χ4n) is 11.4. The zero-order valence-electron chi connectivity index (χ0n) is 67.5. The first-order valence-corrected chi connectivity index (χ1v) is 38.7. The van der Waals surface area contributed by atoms with Crippen molar-refractivity contribution in [3.63, 3.8) is 0 Å². The molecule has 0 aromatic heterocycles. The maximum absolute atomic E-state index is 14.9. The number of hydrogen-bond acceptors (Lipinski definition) is 24. The molecular weight excluding hydrogens is 1610 g/mol. The Labute approximate surface area is 695 Å².